The summed E-state index contributed by atoms with van der Waals surface area (Å²) in [6.07, 6.45) is 0. The van der Waals surface area contributed by atoms with Gasteiger partial charge in [0.1, 0.15) is 5.75 Å². The van der Waals surface area contributed by atoms with Gasteiger partial charge < -0.3 is 10.1 Å². The molecule has 2 rings (SSSR count). The van der Waals surface area contributed by atoms with E-state index in [1.165, 1.54) is 27.8 Å². The molecule has 0 spiro atoms. The molecule has 0 saturated heterocycles. The van der Waals surface area contributed by atoms with Crippen molar-refractivity contribution < 1.29 is 4.74 Å². The van der Waals surface area contributed by atoms with E-state index >= 15 is 0 Å². The number of nitrogens with one attached hydrogen (secondary N) is 1. The molecule has 21 heavy (non-hydrogen) atoms. The van der Waals surface area contributed by atoms with Gasteiger partial charge in [0.25, 0.3) is 0 Å². The molecule has 0 radical (unpaired) electrons. The van der Waals surface area contributed by atoms with Crippen LogP contribution in [0.2, 0.25) is 0 Å². The Morgan fingerprint density at radius 3 is 2.14 bits per heavy atom. The molecule has 0 fully saturated rings. The van der Waals surface area contributed by atoms with Crippen LogP contribution < -0.4 is 10.1 Å². The molecule has 0 saturated carbocycles. The summed E-state index contributed by atoms with van der Waals surface area (Å²) >= 11 is 0. The summed E-state index contributed by atoms with van der Waals surface area (Å²) in [5.74, 6) is 0.924. The van der Waals surface area contributed by atoms with E-state index in [2.05, 4.69) is 50.4 Å². The van der Waals surface area contributed by atoms with E-state index < -0.39 is 0 Å². The second kappa shape index (κ2) is 6.77. The quantitative estimate of drug-likeness (QED) is 0.882. The van der Waals surface area contributed by atoms with Gasteiger partial charge in [-0.25, -0.2) is 0 Å². The Morgan fingerprint density at radius 2 is 1.57 bits per heavy atom. The van der Waals surface area contributed by atoms with Crippen molar-refractivity contribution in [3.63, 3.8) is 0 Å². The Hall–Kier alpha value is -1.80. The van der Waals surface area contributed by atoms with Crippen LogP contribution in [0.25, 0.3) is 0 Å². The second-order valence-electron chi connectivity index (χ2n) is 5.52. The van der Waals surface area contributed by atoms with Gasteiger partial charge in [-0.15, -0.1) is 0 Å². The lowest BCUT2D eigenvalue weighted by molar-refractivity contribution is 0.340. The summed E-state index contributed by atoms with van der Waals surface area (Å²) in [7, 11) is 2.01. The Labute approximate surface area is 128 Å². The monoisotopic (exact) mass is 283 g/mol. The predicted octanol–water partition coefficient (Wildman–Crippen LogP) is 4.32. The highest BCUT2D eigenvalue weighted by Gasteiger charge is 2.15. The first-order chi connectivity index (χ1) is 10.1. The van der Waals surface area contributed by atoms with Gasteiger partial charge >= 0.3 is 0 Å². The largest absolute Gasteiger partial charge is 0.494 e. The van der Waals surface area contributed by atoms with E-state index in [4.69, 9.17) is 4.74 Å². The van der Waals surface area contributed by atoms with E-state index in [9.17, 15) is 0 Å². The topological polar surface area (TPSA) is 21.3 Å². The van der Waals surface area contributed by atoms with Gasteiger partial charge in [-0.05, 0) is 74.7 Å². The minimum atomic E-state index is 0.208. The van der Waals surface area contributed by atoms with Crippen molar-refractivity contribution in [2.45, 2.75) is 33.7 Å². The van der Waals surface area contributed by atoms with Gasteiger partial charge in [-0.2, -0.15) is 0 Å². The van der Waals surface area contributed by atoms with Crippen LogP contribution in [0.1, 0.15) is 40.8 Å². The van der Waals surface area contributed by atoms with Gasteiger partial charge in [0.05, 0.1) is 12.6 Å². The molecule has 2 heteroatoms. The lowest BCUT2D eigenvalue weighted by Gasteiger charge is -2.21. The molecule has 0 aliphatic carbocycles. The van der Waals surface area contributed by atoms with Crippen LogP contribution in [0.3, 0.4) is 0 Å². The first-order valence-corrected chi connectivity index (χ1v) is 7.54. The highest BCUT2D eigenvalue weighted by Crippen LogP contribution is 2.28. The molecule has 2 nitrogen and oxygen atoms in total. The molecule has 0 amide bonds. The third kappa shape index (κ3) is 3.45. The van der Waals surface area contributed by atoms with E-state index in [-0.39, 0.29) is 6.04 Å². The number of rotatable bonds is 5. The lowest BCUT2D eigenvalue weighted by Crippen LogP contribution is -2.19. The Morgan fingerprint density at radius 1 is 0.952 bits per heavy atom. The van der Waals surface area contributed by atoms with Crippen LogP contribution in [0.4, 0.5) is 0 Å². The highest BCUT2D eigenvalue weighted by molar-refractivity contribution is 5.43. The normalized spacial score (nSPS) is 12.2. The first-order valence-electron chi connectivity index (χ1n) is 7.54. The molecule has 1 unspecified atom stereocenters. The summed E-state index contributed by atoms with van der Waals surface area (Å²) in [4.78, 5) is 0. The van der Waals surface area contributed by atoms with Gasteiger partial charge in [-0.3, -0.25) is 0 Å². The van der Waals surface area contributed by atoms with Crippen molar-refractivity contribution in [3.05, 3.63) is 64.2 Å². The van der Waals surface area contributed by atoms with Gasteiger partial charge in [0, 0.05) is 0 Å². The smallest absolute Gasteiger partial charge is 0.119 e. The van der Waals surface area contributed by atoms with E-state index in [1.807, 2.05) is 26.1 Å². The fraction of sp³-hybridized carbons (Fsp3) is 0.368. The van der Waals surface area contributed by atoms with Gasteiger partial charge in [-0.1, -0.05) is 24.3 Å². The zero-order valence-electron chi connectivity index (χ0n) is 13.7. The summed E-state index contributed by atoms with van der Waals surface area (Å²) < 4.78 is 5.52. The van der Waals surface area contributed by atoms with Crippen molar-refractivity contribution >= 4 is 0 Å². The van der Waals surface area contributed by atoms with Crippen molar-refractivity contribution in [2.24, 2.45) is 0 Å². The van der Waals surface area contributed by atoms with Crippen LogP contribution in [0.15, 0.2) is 36.4 Å². The SMILES string of the molecule is CCOc1ccc(C(NC)c2cc(C)c(C)cc2C)cc1. The Balaban J connectivity index is 2.37. The molecule has 0 aromatic heterocycles. The average Bonchev–Trinajstić information content (AvgIpc) is 2.47. The van der Waals surface area contributed by atoms with Crippen LogP contribution in [0, 0.1) is 20.8 Å². The minimum absolute atomic E-state index is 0.208. The molecular formula is C19H25NO. The van der Waals surface area contributed by atoms with E-state index in [1.54, 1.807) is 0 Å². The molecular weight excluding hydrogens is 258 g/mol. The van der Waals surface area contributed by atoms with Crippen molar-refractivity contribution in [1.82, 2.24) is 5.32 Å². The van der Waals surface area contributed by atoms with Crippen LogP contribution in [0.5, 0.6) is 5.75 Å². The standard InChI is InChI=1S/C19H25NO/c1-6-21-17-9-7-16(8-10-17)19(20-5)18-12-14(3)13(2)11-15(18)4/h7-12,19-20H,6H2,1-5H3. The van der Waals surface area contributed by atoms with E-state index in [0.29, 0.717) is 6.61 Å². The molecule has 0 bridgehead atoms. The van der Waals surface area contributed by atoms with Crippen LogP contribution in [-0.4, -0.2) is 13.7 Å². The first kappa shape index (κ1) is 15.6. The summed E-state index contributed by atoms with van der Waals surface area (Å²) in [5.41, 5.74) is 6.60. The van der Waals surface area contributed by atoms with Crippen molar-refractivity contribution in [1.29, 1.82) is 0 Å². The number of benzene rings is 2. The fourth-order valence-electron chi connectivity index (χ4n) is 2.72. The maximum atomic E-state index is 5.52. The highest BCUT2D eigenvalue weighted by atomic mass is 16.5. The van der Waals surface area contributed by atoms with Crippen molar-refractivity contribution in [2.75, 3.05) is 13.7 Å². The third-order valence-electron chi connectivity index (χ3n) is 4.01. The van der Waals surface area contributed by atoms with Crippen LogP contribution >= 0.6 is 0 Å². The maximum absolute atomic E-state index is 5.52. The molecule has 2 aromatic carbocycles. The third-order valence-corrected chi connectivity index (χ3v) is 4.01. The summed E-state index contributed by atoms with van der Waals surface area (Å²) in [6.45, 7) is 9.22. The predicted molar refractivity (Wildman–Crippen MR) is 89.2 cm³/mol. The molecule has 1 N–H and O–H groups in total. The maximum Gasteiger partial charge on any atom is 0.119 e. The Kier molecular flexibility index (Phi) is 5.03. The molecule has 2 aromatic rings. The van der Waals surface area contributed by atoms with E-state index in [0.717, 1.165) is 5.75 Å². The molecule has 1 atom stereocenters. The summed E-state index contributed by atoms with van der Waals surface area (Å²) in [5, 5.41) is 3.43. The molecule has 0 aliphatic heterocycles. The fourth-order valence-corrected chi connectivity index (χ4v) is 2.72. The number of hydrogen-bond acceptors (Lipinski definition) is 2. The van der Waals surface area contributed by atoms with Gasteiger partial charge in [0.15, 0.2) is 0 Å². The molecule has 0 heterocycles. The van der Waals surface area contributed by atoms with Crippen LogP contribution in [-0.2, 0) is 0 Å². The lowest BCUT2D eigenvalue weighted by atomic mass is 9.92. The van der Waals surface area contributed by atoms with Crippen molar-refractivity contribution in [3.8, 4) is 5.75 Å². The zero-order valence-corrected chi connectivity index (χ0v) is 13.7. The summed E-state index contributed by atoms with van der Waals surface area (Å²) in [6, 6.07) is 13.1. The molecule has 0 aliphatic rings. The minimum Gasteiger partial charge on any atom is -0.494 e. The zero-order chi connectivity index (χ0) is 15.4. The second-order valence-corrected chi connectivity index (χ2v) is 5.52. The number of ether oxygens (including phenoxy) is 1. The number of aryl methyl sites for hydroxylation is 3. The Bertz CT molecular complexity index is 602. The van der Waals surface area contributed by atoms with Gasteiger partial charge in [0.2, 0.25) is 0 Å². The molecule has 112 valence electrons. The average molecular weight is 283 g/mol. The number of hydrogen-bond donors (Lipinski definition) is 1.